The minimum Gasteiger partial charge on any atom is -0.481 e. The van der Waals surface area contributed by atoms with Crippen molar-refractivity contribution in [2.75, 3.05) is 0 Å². The van der Waals surface area contributed by atoms with Crippen molar-refractivity contribution in [1.29, 1.82) is 0 Å². The van der Waals surface area contributed by atoms with E-state index in [1.807, 2.05) is 16.2 Å². The molecule has 1 unspecified atom stereocenters. The highest BCUT2D eigenvalue weighted by molar-refractivity contribution is 5.93. The number of amides is 6. The van der Waals surface area contributed by atoms with Gasteiger partial charge in [0.2, 0.25) is 11.8 Å². The normalized spacial score (nSPS) is 14.8. The first kappa shape index (κ1) is 30.9. The quantitative estimate of drug-likeness (QED) is 0.0668. The molecule has 0 aliphatic rings. The van der Waals surface area contributed by atoms with Crippen LogP contribution in [0.15, 0.2) is 0 Å². The van der Waals surface area contributed by atoms with E-state index >= 15 is 0 Å². The lowest BCUT2D eigenvalue weighted by Crippen LogP contribution is -2.65. The molecule has 0 heterocycles. The first-order valence-electron chi connectivity index (χ1n) is 9.69. The lowest BCUT2D eigenvalue weighted by Gasteiger charge is -2.33. The predicted molar refractivity (Wildman–Crippen MR) is 112 cm³/mol. The molecule has 0 aromatic rings. The number of nitrogens with one attached hydrogen (secondary N) is 3. The number of hydrogen-bond donors (Lipinski definition) is 10. The topological polar surface area (TPSA) is 327 Å². The van der Waals surface area contributed by atoms with Gasteiger partial charge in [-0.05, 0) is 13.8 Å². The van der Waals surface area contributed by atoms with Gasteiger partial charge in [0.25, 0.3) is 11.8 Å². The minimum absolute atomic E-state index is 0.119. The number of primary amides is 1. The van der Waals surface area contributed by atoms with Crippen LogP contribution in [0.4, 0.5) is 4.79 Å². The Kier molecular flexibility index (Phi) is 12.0. The van der Waals surface area contributed by atoms with Crippen molar-refractivity contribution < 1.29 is 48.9 Å². The maximum absolute atomic E-state index is 12.6. The summed E-state index contributed by atoms with van der Waals surface area (Å²) in [6.45, 7) is 2.11. The number of carboxylic acids is 2. The number of aliphatic hydroxyl groups is 1. The standard InChI is InChI=1S/C16H29N9O10/c1-5(12(30)22-23-13(31)7(17)3-10(28)29)24(19)16(35)25(20)11(6(2)26)14(32)21-8(15(33)34)4-9(18)27/h5-8,11,26H,3-4,17,19-20H2,1-2H3,(H2,18,27)(H,21,32)(H,22,30)(H,23,31)(H,28,29)(H,33,34)/t5-,6?,7-,8-,11-/m0/s1. The van der Waals surface area contributed by atoms with Crippen LogP contribution in [0.3, 0.4) is 0 Å². The lowest BCUT2D eigenvalue weighted by atomic mass is 10.1. The van der Waals surface area contributed by atoms with Crippen molar-refractivity contribution in [1.82, 2.24) is 26.2 Å². The molecule has 0 saturated carbocycles. The molecule has 35 heavy (non-hydrogen) atoms. The average Bonchev–Trinajstić information content (AvgIpc) is 2.73. The summed E-state index contributed by atoms with van der Waals surface area (Å²) in [6.07, 6.45) is -3.21. The summed E-state index contributed by atoms with van der Waals surface area (Å²) < 4.78 is 0. The number of urea groups is 1. The second-order valence-electron chi connectivity index (χ2n) is 7.21. The van der Waals surface area contributed by atoms with Crippen LogP contribution in [0.5, 0.6) is 0 Å². The minimum atomic E-state index is -1.92. The van der Waals surface area contributed by atoms with Gasteiger partial charge in [0.05, 0.1) is 25.0 Å². The van der Waals surface area contributed by atoms with Gasteiger partial charge in [0, 0.05) is 0 Å². The smallest absolute Gasteiger partial charge is 0.349 e. The van der Waals surface area contributed by atoms with Crippen LogP contribution in [0.1, 0.15) is 26.7 Å². The molecule has 198 valence electrons. The Balaban J connectivity index is 5.31. The summed E-state index contributed by atoms with van der Waals surface area (Å²) in [7, 11) is 0. The Morgan fingerprint density at radius 1 is 0.857 bits per heavy atom. The summed E-state index contributed by atoms with van der Waals surface area (Å²) in [5.41, 5.74) is 13.9. The number of carbonyl (C=O) groups excluding carboxylic acids is 5. The third kappa shape index (κ3) is 9.75. The van der Waals surface area contributed by atoms with Crippen molar-refractivity contribution >= 4 is 41.6 Å². The highest BCUT2D eigenvalue weighted by Crippen LogP contribution is 2.07. The van der Waals surface area contributed by atoms with Gasteiger partial charge in [-0.3, -0.25) is 34.8 Å². The highest BCUT2D eigenvalue weighted by Gasteiger charge is 2.38. The number of aliphatic carboxylic acids is 2. The fourth-order valence-electron chi connectivity index (χ4n) is 2.38. The molecule has 0 spiro atoms. The number of hydrogen-bond acceptors (Lipinski definition) is 11. The van der Waals surface area contributed by atoms with Gasteiger partial charge in [-0.1, -0.05) is 0 Å². The molecule has 0 bridgehead atoms. The average molecular weight is 507 g/mol. The molecule has 19 heteroatoms. The Morgan fingerprint density at radius 2 is 1.37 bits per heavy atom. The fraction of sp³-hybridized carbons (Fsp3) is 0.562. The monoisotopic (exact) mass is 507 g/mol. The molecule has 0 rings (SSSR count). The molecular formula is C16H29N9O10. The summed E-state index contributed by atoms with van der Waals surface area (Å²) in [6, 6.07) is -8.16. The second kappa shape index (κ2) is 13.6. The van der Waals surface area contributed by atoms with E-state index in [0.717, 1.165) is 13.8 Å². The summed E-state index contributed by atoms with van der Waals surface area (Å²) >= 11 is 0. The van der Waals surface area contributed by atoms with Crippen LogP contribution in [0, 0.1) is 0 Å². The number of rotatable bonds is 12. The van der Waals surface area contributed by atoms with Gasteiger partial charge >= 0.3 is 18.0 Å². The van der Waals surface area contributed by atoms with E-state index in [4.69, 9.17) is 33.4 Å². The van der Waals surface area contributed by atoms with Crippen LogP contribution in [-0.2, 0) is 28.8 Å². The van der Waals surface area contributed by atoms with Crippen LogP contribution >= 0.6 is 0 Å². The maximum atomic E-state index is 12.6. The van der Waals surface area contributed by atoms with E-state index in [2.05, 4.69) is 0 Å². The number of nitrogens with two attached hydrogens (primary N) is 4. The van der Waals surface area contributed by atoms with Crippen LogP contribution < -0.4 is 39.3 Å². The molecule has 0 saturated heterocycles. The summed E-state index contributed by atoms with van der Waals surface area (Å²) in [5, 5.41) is 29.8. The van der Waals surface area contributed by atoms with E-state index in [1.54, 1.807) is 0 Å². The van der Waals surface area contributed by atoms with Gasteiger partial charge in [0.15, 0.2) is 6.04 Å². The van der Waals surface area contributed by atoms with Gasteiger partial charge in [-0.2, -0.15) is 0 Å². The second-order valence-corrected chi connectivity index (χ2v) is 7.21. The van der Waals surface area contributed by atoms with Gasteiger partial charge in [-0.25, -0.2) is 31.3 Å². The van der Waals surface area contributed by atoms with E-state index in [1.165, 1.54) is 0 Å². The van der Waals surface area contributed by atoms with Crippen LogP contribution in [0.25, 0.3) is 0 Å². The van der Waals surface area contributed by atoms with Crippen LogP contribution in [0.2, 0.25) is 0 Å². The van der Waals surface area contributed by atoms with Crippen molar-refractivity contribution in [3.05, 3.63) is 0 Å². The molecule has 19 nitrogen and oxygen atoms in total. The molecule has 6 amide bonds. The van der Waals surface area contributed by atoms with Crippen molar-refractivity contribution in [3.8, 4) is 0 Å². The number of hydrazine groups is 3. The zero-order chi connectivity index (χ0) is 27.6. The molecule has 0 fully saturated rings. The van der Waals surface area contributed by atoms with Crippen LogP contribution in [-0.4, -0.2) is 97.2 Å². The molecule has 0 aromatic heterocycles. The molecule has 14 N–H and O–H groups in total. The summed E-state index contributed by atoms with van der Waals surface area (Å²) in [5.74, 6) is 3.67. The first-order valence-corrected chi connectivity index (χ1v) is 9.69. The van der Waals surface area contributed by atoms with E-state index < -0.39 is 84.7 Å². The fourth-order valence-corrected chi connectivity index (χ4v) is 2.38. The first-order chi connectivity index (χ1) is 16.0. The predicted octanol–water partition coefficient (Wildman–Crippen LogP) is -6.01. The van der Waals surface area contributed by atoms with Crippen molar-refractivity contribution in [2.24, 2.45) is 23.2 Å². The van der Waals surface area contributed by atoms with E-state index in [0.29, 0.717) is 0 Å². The van der Waals surface area contributed by atoms with Gasteiger partial charge in [0.1, 0.15) is 12.1 Å². The summed E-state index contributed by atoms with van der Waals surface area (Å²) in [4.78, 5) is 81.6. The number of carbonyl (C=O) groups is 7. The Bertz CT molecular complexity index is 852. The zero-order valence-corrected chi connectivity index (χ0v) is 18.7. The Morgan fingerprint density at radius 3 is 1.80 bits per heavy atom. The molecule has 0 aliphatic heterocycles. The maximum Gasteiger partial charge on any atom is 0.349 e. The van der Waals surface area contributed by atoms with E-state index in [9.17, 15) is 38.7 Å². The molecule has 0 aliphatic carbocycles. The molecule has 5 atom stereocenters. The number of carboxylic acid groups (broad SMARTS) is 2. The highest BCUT2D eigenvalue weighted by atomic mass is 16.4. The third-order valence-electron chi connectivity index (χ3n) is 4.32. The van der Waals surface area contributed by atoms with Crippen molar-refractivity contribution in [3.63, 3.8) is 0 Å². The molecular weight excluding hydrogens is 478 g/mol. The number of nitrogens with zero attached hydrogens (tertiary/aromatic N) is 2. The molecule has 0 radical (unpaired) electrons. The SMILES string of the molecule is CC(O)[C@@H](C(=O)N[C@@H](CC(N)=O)C(=O)O)N(N)C(=O)N(N)[C@@H](C)C(=O)NNC(=O)[C@@H](N)CC(=O)O. The zero-order valence-electron chi connectivity index (χ0n) is 18.7. The van der Waals surface area contributed by atoms with E-state index in [-0.39, 0.29) is 10.0 Å². The Labute approximate surface area is 197 Å². The van der Waals surface area contributed by atoms with Crippen molar-refractivity contribution in [2.45, 2.75) is 57.0 Å². The molecule has 0 aromatic carbocycles. The third-order valence-corrected chi connectivity index (χ3v) is 4.32. The lowest BCUT2D eigenvalue weighted by molar-refractivity contribution is -0.144. The van der Waals surface area contributed by atoms with Gasteiger partial charge in [-0.15, -0.1) is 0 Å². The van der Waals surface area contributed by atoms with Gasteiger partial charge < -0.3 is 32.1 Å². The number of aliphatic hydroxyl groups excluding tert-OH is 1. The Hall–Kier alpha value is -4.07. The largest absolute Gasteiger partial charge is 0.481 e.